The summed E-state index contributed by atoms with van der Waals surface area (Å²) in [5.41, 5.74) is 4.70. The van der Waals surface area contributed by atoms with Gasteiger partial charge in [-0.2, -0.15) is 0 Å². The van der Waals surface area contributed by atoms with Crippen molar-refractivity contribution in [2.75, 3.05) is 16.8 Å². The predicted octanol–water partition coefficient (Wildman–Crippen LogP) is 5.10. The van der Waals surface area contributed by atoms with Gasteiger partial charge in [-0.3, -0.25) is 9.59 Å². The lowest BCUT2D eigenvalue weighted by atomic mass is 10.0. The summed E-state index contributed by atoms with van der Waals surface area (Å²) >= 11 is 0. The molecule has 0 spiro atoms. The Morgan fingerprint density at radius 1 is 0.839 bits per heavy atom. The number of anilines is 2. The van der Waals surface area contributed by atoms with Crippen LogP contribution in [0, 0.1) is 13.8 Å². The average Bonchev–Trinajstić information content (AvgIpc) is 3.01. The molecular weight excluding hydrogens is 388 g/mol. The number of nitrogens with one attached hydrogen (secondary N) is 1. The highest BCUT2D eigenvalue weighted by Crippen LogP contribution is 2.34. The lowest BCUT2D eigenvalue weighted by molar-refractivity contribution is -0.120. The van der Waals surface area contributed by atoms with Gasteiger partial charge in [0.15, 0.2) is 0 Å². The van der Waals surface area contributed by atoms with Crippen molar-refractivity contribution in [3.63, 3.8) is 0 Å². The molecule has 156 valence electrons. The first-order valence-corrected chi connectivity index (χ1v) is 10.2. The van der Waals surface area contributed by atoms with Gasteiger partial charge in [-0.15, -0.1) is 0 Å². The molecule has 1 N–H and O–H groups in total. The van der Waals surface area contributed by atoms with Crippen molar-refractivity contribution >= 4 is 28.8 Å². The number of benzene rings is 3. The number of carbonyl (C=O) groups is 2. The molecule has 1 aliphatic heterocycles. The molecule has 0 saturated heterocycles. The zero-order valence-electron chi connectivity index (χ0n) is 17.8. The van der Waals surface area contributed by atoms with Crippen LogP contribution < -0.4 is 15.0 Å². The topological polar surface area (TPSA) is 58.6 Å². The van der Waals surface area contributed by atoms with E-state index in [1.807, 2.05) is 69.3 Å². The first kappa shape index (κ1) is 20.4. The van der Waals surface area contributed by atoms with Crippen LogP contribution in [0.3, 0.4) is 0 Å². The first-order chi connectivity index (χ1) is 15.0. The Kier molecular flexibility index (Phi) is 5.58. The number of carbonyl (C=O) groups excluding carboxylic acids is 2. The fourth-order valence-electron chi connectivity index (χ4n) is 3.57. The van der Waals surface area contributed by atoms with Gasteiger partial charge in [-0.25, -0.2) is 4.90 Å². The fraction of sp³-hybridized carbons (Fsp3) is 0.154. The van der Waals surface area contributed by atoms with Gasteiger partial charge in [0.05, 0.1) is 17.9 Å². The Balaban J connectivity index is 1.78. The normalized spacial score (nSPS) is 13.7. The summed E-state index contributed by atoms with van der Waals surface area (Å²) in [5, 5.41) is 3.23. The molecule has 1 heterocycles. The molecule has 0 aliphatic carbocycles. The second kappa shape index (κ2) is 8.48. The summed E-state index contributed by atoms with van der Waals surface area (Å²) in [7, 11) is 0. The van der Waals surface area contributed by atoms with Gasteiger partial charge < -0.3 is 10.1 Å². The van der Waals surface area contributed by atoms with E-state index in [1.165, 1.54) is 4.90 Å². The Hall–Kier alpha value is -3.86. The minimum atomic E-state index is -0.381. The second-order valence-corrected chi connectivity index (χ2v) is 7.43. The number of nitrogens with zero attached hydrogens (tertiary/aromatic N) is 1. The molecule has 0 atom stereocenters. The third-order valence-corrected chi connectivity index (χ3v) is 5.23. The maximum Gasteiger partial charge on any atom is 0.282 e. The van der Waals surface area contributed by atoms with Crippen LogP contribution >= 0.6 is 0 Å². The van der Waals surface area contributed by atoms with Crippen molar-refractivity contribution in [1.82, 2.24) is 0 Å². The van der Waals surface area contributed by atoms with E-state index in [1.54, 1.807) is 24.3 Å². The summed E-state index contributed by atoms with van der Waals surface area (Å²) < 4.78 is 5.48. The molecule has 4 rings (SSSR count). The number of ether oxygens (including phenoxy) is 1. The summed E-state index contributed by atoms with van der Waals surface area (Å²) in [4.78, 5) is 28.1. The maximum absolute atomic E-state index is 13.5. The Morgan fingerprint density at radius 3 is 2.16 bits per heavy atom. The Labute approximate surface area is 182 Å². The zero-order chi connectivity index (χ0) is 22.0. The van der Waals surface area contributed by atoms with E-state index in [-0.39, 0.29) is 17.5 Å². The van der Waals surface area contributed by atoms with E-state index in [4.69, 9.17) is 4.74 Å². The molecule has 0 bridgehead atoms. The highest BCUT2D eigenvalue weighted by Gasteiger charge is 2.40. The molecule has 0 aromatic heterocycles. The molecule has 3 aromatic rings. The van der Waals surface area contributed by atoms with Crippen LogP contribution in [0.25, 0.3) is 5.57 Å². The van der Waals surface area contributed by atoms with Crippen molar-refractivity contribution in [3.05, 3.63) is 95.2 Å². The molecule has 3 aromatic carbocycles. The van der Waals surface area contributed by atoms with Crippen molar-refractivity contribution in [3.8, 4) is 5.75 Å². The van der Waals surface area contributed by atoms with Crippen molar-refractivity contribution in [2.45, 2.75) is 20.8 Å². The molecule has 0 saturated carbocycles. The molecular formula is C26H24N2O3. The monoisotopic (exact) mass is 412 g/mol. The SMILES string of the molecule is CCOc1ccc(N2C(=O)C(Nc3ccccc3C)=C(c3ccc(C)cc3)C2=O)cc1. The molecule has 0 unspecified atom stereocenters. The number of imide groups is 1. The number of hydrogen-bond donors (Lipinski definition) is 1. The molecule has 0 fully saturated rings. The van der Waals surface area contributed by atoms with E-state index in [0.717, 1.165) is 16.8 Å². The van der Waals surface area contributed by atoms with Crippen LogP contribution in [0.4, 0.5) is 11.4 Å². The summed E-state index contributed by atoms with van der Waals surface area (Å²) in [6, 6.07) is 22.3. The standard InChI is InChI=1S/C26H24N2O3/c1-4-31-21-15-13-20(14-16-21)28-25(29)23(19-11-9-17(2)10-12-19)24(26(28)30)27-22-8-6-5-7-18(22)3/h5-16,27H,4H2,1-3H3. The van der Waals surface area contributed by atoms with Gasteiger partial charge in [-0.1, -0.05) is 48.0 Å². The lowest BCUT2D eigenvalue weighted by Crippen LogP contribution is -2.32. The first-order valence-electron chi connectivity index (χ1n) is 10.2. The van der Waals surface area contributed by atoms with Crippen molar-refractivity contribution < 1.29 is 14.3 Å². The van der Waals surface area contributed by atoms with Gasteiger partial charge in [0.25, 0.3) is 11.8 Å². The van der Waals surface area contributed by atoms with Gasteiger partial charge in [-0.05, 0) is 62.2 Å². The van der Waals surface area contributed by atoms with E-state index in [2.05, 4.69) is 5.32 Å². The third kappa shape index (κ3) is 3.94. The largest absolute Gasteiger partial charge is 0.494 e. The highest BCUT2D eigenvalue weighted by atomic mass is 16.5. The maximum atomic E-state index is 13.5. The quantitative estimate of drug-likeness (QED) is 0.573. The van der Waals surface area contributed by atoms with Gasteiger partial charge >= 0.3 is 0 Å². The van der Waals surface area contributed by atoms with Gasteiger partial charge in [0.1, 0.15) is 11.4 Å². The smallest absolute Gasteiger partial charge is 0.282 e. The minimum absolute atomic E-state index is 0.275. The minimum Gasteiger partial charge on any atom is -0.494 e. The summed E-state index contributed by atoms with van der Waals surface area (Å²) in [5.74, 6) is -0.0441. The zero-order valence-corrected chi connectivity index (χ0v) is 17.8. The fourth-order valence-corrected chi connectivity index (χ4v) is 3.57. The number of para-hydroxylation sites is 1. The molecule has 1 aliphatic rings. The number of amides is 2. The van der Waals surface area contributed by atoms with Crippen LogP contribution in [0.2, 0.25) is 0 Å². The molecule has 5 heteroatoms. The van der Waals surface area contributed by atoms with Crippen LogP contribution in [-0.4, -0.2) is 18.4 Å². The number of hydrogen-bond acceptors (Lipinski definition) is 4. The lowest BCUT2D eigenvalue weighted by Gasteiger charge is -2.16. The van der Waals surface area contributed by atoms with Crippen LogP contribution in [0.5, 0.6) is 5.75 Å². The molecule has 0 radical (unpaired) electrons. The van der Waals surface area contributed by atoms with Crippen LogP contribution in [0.15, 0.2) is 78.5 Å². The van der Waals surface area contributed by atoms with E-state index in [9.17, 15) is 9.59 Å². The van der Waals surface area contributed by atoms with Crippen LogP contribution in [0.1, 0.15) is 23.6 Å². The van der Waals surface area contributed by atoms with Crippen LogP contribution in [-0.2, 0) is 9.59 Å². The van der Waals surface area contributed by atoms with Gasteiger partial charge in [0.2, 0.25) is 0 Å². The van der Waals surface area contributed by atoms with E-state index < -0.39 is 0 Å². The highest BCUT2D eigenvalue weighted by molar-refractivity contribution is 6.46. The van der Waals surface area contributed by atoms with Gasteiger partial charge in [0, 0.05) is 5.69 Å². The van der Waals surface area contributed by atoms with E-state index in [0.29, 0.717) is 29.2 Å². The Morgan fingerprint density at radius 2 is 1.52 bits per heavy atom. The Bertz CT molecular complexity index is 1160. The average molecular weight is 412 g/mol. The number of rotatable bonds is 6. The summed E-state index contributed by atoms with van der Waals surface area (Å²) in [6.45, 7) is 6.39. The molecule has 5 nitrogen and oxygen atoms in total. The third-order valence-electron chi connectivity index (χ3n) is 5.23. The predicted molar refractivity (Wildman–Crippen MR) is 123 cm³/mol. The second-order valence-electron chi connectivity index (χ2n) is 7.43. The van der Waals surface area contributed by atoms with Crippen molar-refractivity contribution in [1.29, 1.82) is 0 Å². The van der Waals surface area contributed by atoms with Crippen molar-refractivity contribution in [2.24, 2.45) is 0 Å². The summed E-state index contributed by atoms with van der Waals surface area (Å²) in [6.07, 6.45) is 0. The molecule has 31 heavy (non-hydrogen) atoms. The number of aryl methyl sites for hydroxylation is 2. The van der Waals surface area contributed by atoms with E-state index >= 15 is 0 Å². The molecule has 2 amide bonds.